The third-order valence-corrected chi connectivity index (χ3v) is 2.91. The van der Waals surface area contributed by atoms with E-state index in [4.69, 9.17) is 5.73 Å². The van der Waals surface area contributed by atoms with Crippen molar-refractivity contribution in [3.05, 3.63) is 39.7 Å². The van der Waals surface area contributed by atoms with Crippen molar-refractivity contribution >= 4 is 11.6 Å². The molecule has 3 N–H and O–H groups in total. The van der Waals surface area contributed by atoms with E-state index in [-0.39, 0.29) is 17.6 Å². The van der Waals surface area contributed by atoms with E-state index in [1.165, 1.54) is 0 Å². The molecule has 0 saturated heterocycles. The second-order valence-corrected chi connectivity index (χ2v) is 4.32. The topological polar surface area (TPSA) is 98.3 Å². The molecule has 0 aromatic heterocycles. The molecule has 1 aliphatic carbocycles. The second kappa shape index (κ2) is 4.69. The summed E-state index contributed by atoms with van der Waals surface area (Å²) in [4.78, 5) is 21.8. The molecule has 1 aromatic carbocycles. The number of nitrogens with two attached hydrogens (primary N) is 1. The molecule has 1 aliphatic rings. The number of nitrogens with one attached hydrogen (secondary N) is 1. The highest BCUT2D eigenvalue weighted by molar-refractivity contribution is 5.98. The summed E-state index contributed by atoms with van der Waals surface area (Å²) in [5.74, 6) is -1.32. The number of benzene rings is 1. The molecule has 1 aromatic rings. The molecule has 0 radical (unpaired) electrons. The van der Waals surface area contributed by atoms with Gasteiger partial charge in [0, 0.05) is 18.2 Å². The zero-order valence-corrected chi connectivity index (χ0v) is 9.43. The van der Waals surface area contributed by atoms with Crippen molar-refractivity contribution < 1.29 is 14.1 Å². The summed E-state index contributed by atoms with van der Waals surface area (Å²) in [6, 6.07) is 2.77. The second-order valence-electron chi connectivity index (χ2n) is 4.32. The van der Waals surface area contributed by atoms with Gasteiger partial charge in [-0.05, 0) is 25.0 Å². The van der Waals surface area contributed by atoms with Crippen LogP contribution in [0.2, 0.25) is 0 Å². The number of nitrogens with zero attached hydrogens (tertiary/aromatic N) is 1. The third-order valence-electron chi connectivity index (χ3n) is 2.91. The van der Waals surface area contributed by atoms with E-state index in [0.717, 1.165) is 18.2 Å². The minimum Gasteiger partial charge on any atom is -0.349 e. The fourth-order valence-electron chi connectivity index (χ4n) is 1.89. The molecule has 0 bridgehead atoms. The molecule has 2 rings (SSSR count). The van der Waals surface area contributed by atoms with Gasteiger partial charge >= 0.3 is 0 Å². The Morgan fingerprint density at radius 3 is 2.72 bits per heavy atom. The number of carbonyl (C=O) groups is 1. The van der Waals surface area contributed by atoms with Crippen LogP contribution in [0.25, 0.3) is 0 Å². The highest BCUT2D eigenvalue weighted by atomic mass is 19.1. The highest BCUT2D eigenvalue weighted by Crippen LogP contribution is 2.22. The first-order valence-electron chi connectivity index (χ1n) is 5.47. The smallest absolute Gasteiger partial charge is 0.282 e. The molecule has 6 nitrogen and oxygen atoms in total. The number of hydrogen-bond acceptors (Lipinski definition) is 4. The first kappa shape index (κ1) is 12.4. The van der Waals surface area contributed by atoms with Crippen molar-refractivity contribution in [1.82, 2.24) is 5.32 Å². The molecule has 18 heavy (non-hydrogen) atoms. The standard InChI is InChI=1S/C11H12FN3O3/c12-6-1-2-10(15(17)18)9(3-6)11(16)14-8-4-7(13)5-8/h1-3,7-8H,4-5,13H2,(H,14,16). The highest BCUT2D eigenvalue weighted by Gasteiger charge is 2.29. The molecule has 1 amide bonds. The van der Waals surface area contributed by atoms with Gasteiger partial charge in [-0.15, -0.1) is 0 Å². The van der Waals surface area contributed by atoms with Gasteiger partial charge in [0.25, 0.3) is 11.6 Å². The van der Waals surface area contributed by atoms with Crippen molar-refractivity contribution in [1.29, 1.82) is 0 Å². The minimum absolute atomic E-state index is 0.0535. The van der Waals surface area contributed by atoms with E-state index in [9.17, 15) is 19.3 Å². The van der Waals surface area contributed by atoms with E-state index < -0.39 is 22.3 Å². The number of nitro groups is 1. The SMILES string of the molecule is NC1CC(NC(=O)c2cc(F)ccc2[N+](=O)[O-])C1. The van der Waals surface area contributed by atoms with Crippen LogP contribution in [0, 0.1) is 15.9 Å². The van der Waals surface area contributed by atoms with Crippen LogP contribution in [0.15, 0.2) is 18.2 Å². The molecule has 0 spiro atoms. The Morgan fingerprint density at radius 2 is 2.17 bits per heavy atom. The maximum absolute atomic E-state index is 13.0. The molecule has 1 saturated carbocycles. The van der Waals surface area contributed by atoms with Gasteiger partial charge in [-0.3, -0.25) is 14.9 Å². The number of carbonyl (C=O) groups excluding carboxylic acids is 1. The average Bonchev–Trinajstić information content (AvgIpc) is 2.26. The summed E-state index contributed by atoms with van der Waals surface area (Å²) in [6.45, 7) is 0. The molecule has 0 heterocycles. The van der Waals surface area contributed by atoms with Crippen LogP contribution in [0.5, 0.6) is 0 Å². The minimum atomic E-state index is -0.707. The van der Waals surface area contributed by atoms with Gasteiger partial charge in [0.05, 0.1) is 4.92 Å². The lowest BCUT2D eigenvalue weighted by molar-refractivity contribution is -0.385. The Balaban J connectivity index is 2.18. The molecule has 0 aliphatic heterocycles. The van der Waals surface area contributed by atoms with E-state index in [0.29, 0.717) is 12.8 Å². The van der Waals surface area contributed by atoms with Crippen molar-refractivity contribution in [2.75, 3.05) is 0 Å². The van der Waals surface area contributed by atoms with Crippen molar-refractivity contribution in [2.24, 2.45) is 5.73 Å². The Hall–Kier alpha value is -2.02. The fourth-order valence-corrected chi connectivity index (χ4v) is 1.89. The molecular formula is C11H12FN3O3. The Bertz CT molecular complexity index is 500. The Kier molecular flexibility index (Phi) is 3.24. The summed E-state index contributed by atoms with van der Waals surface area (Å²) in [6.07, 6.45) is 1.27. The van der Waals surface area contributed by atoms with Crippen LogP contribution in [0.1, 0.15) is 23.2 Å². The quantitative estimate of drug-likeness (QED) is 0.619. The first-order valence-corrected chi connectivity index (χ1v) is 5.47. The number of amides is 1. The van der Waals surface area contributed by atoms with E-state index >= 15 is 0 Å². The van der Waals surface area contributed by atoms with Gasteiger partial charge in [-0.25, -0.2) is 4.39 Å². The number of rotatable bonds is 3. The fraction of sp³-hybridized carbons (Fsp3) is 0.364. The molecule has 96 valence electrons. The van der Waals surface area contributed by atoms with Gasteiger partial charge in [-0.2, -0.15) is 0 Å². The lowest BCUT2D eigenvalue weighted by atomic mass is 9.87. The van der Waals surface area contributed by atoms with E-state index in [1.54, 1.807) is 0 Å². The normalized spacial score (nSPS) is 22.1. The zero-order chi connectivity index (χ0) is 13.3. The number of halogens is 1. The van der Waals surface area contributed by atoms with Crippen molar-refractivity contribution in [3.8, 4) is 0 Å². The van der Waals surface area contributed by atoms with E-state index in [2.05, 4.69) is 5.32 Å². The van der Waals surface area contributed by atoms with Crippen LogP contribution in [0.4, 0.5) is 10.1 Å². The predicted octanol–water partition coefficient (Wildman–Crippen LogP) is 0.953. The predicted molar refractivity (Wildman–Crippen MR) is 61.5 cm³/mol. The Morgan fingerprint density at radius 1 is 1.50 bits per heavy atom. The molecule has 7 heteroatoms. The average molecular weight is 253 g/mol. The molecular weight excluding hydrogens is 241 g/mol. The lowest BCUT2D eigenvalue weighted by Crippen LogP contribution is -2.50. The summed E-state index contributed by atoms with van der Waals surface area (Å²) in [5, 5.41) is 13.3. The molecule has 0 atom stereocenters. The summed E-state index contributed by atoms with van der Waals surface area (Å²) >= 11 is 0. The van der Waals surface area contributed by atoms with Gasteiger partial charge in [-0.1, -0.05) is 0 Å². The first-order chi connectivity index (χ1) is 8.47. The van der Waals surface area contributed by atoms with Gasteiger partial charge in [0.15, 0.2) is 0 Å². The lowest BCUT2D eigenvalue weighted by Gasteiger charge is -2.32. The molecule has 0 unspecified atom stereocenters. The molecule has 1 fully saturated rings. The van der Waals surface area contributed by atoms with Crippen LogP contribution in [-0.4, -0.2) is 22.9 Å². The largest absolute Gasteiger partial charge is 0.349 e. The van der Waals surface area contributed by atoms with Crippen molar-refractivity contribution in [2.45, 2.75) is 24.9 Å². The van der Waals surface area contributed by atoms with Crippen LogP contribution >= 0.6 is 0 Å². The monoisotopic (exact) mass is 253 g/mol. The Labute approximate surface area is 102 Å². The zero-order valence-electron chi connectivity index (χ0n) is 9.43. The van der Waals surface area contributed by atoms with Crippen LogP contribution in [0.3, 0.4) is 0 Å². The maximum atomic E-state index is 13.0. The van der Waals surface area contributed by atoms with Gasteiger partial charge in [0.1, 0.15) is 11.4 Å². The van der Waals surface area contributed by atoms with E-state index in [1.807, 2.05) is 0 Å². The van der Waals surface area contributed by atoms with Crippen molar-refractivity contribution in [3.63, 3.8) is 0 Å². The number of nitro benzene ring substituents is 1. The van der Waals surface area contributed by atoms with Crippen LogP contribution in [-0.2, 0) is 0 Å². The number of hydrogen-bond donors (Lipinski definition) is 2. The van der Waals surface area contributed by atoms with Gasteiger partial charge < -0.3 is 11.1 Å². The summed E-state index contributed by atoms with van der Waals surface area (Å²) < 4.78 is 13.0. The maximum Gasteiger partial charge on any atom is 0.282 e. The summed E-state index contributed by atoms with van der Waals surface area (Å²) in [7, 11) is 0. The van der Waals surface area contributed by atoms with Gasteiger partial charge in [0.2, 0.25) is 0 Å². The third kappa shape index (κ3) is 2.45. The summed E-state index contributed by atoms with van der Waals surface area (Å²) in [5.41, 5.74) is 4.90. The van der Waals surface area contributed by atoms with Crippen LogP contribution < -0.4 is 11.1 Å².